The minimum absolute atomic E-state index is 0.0119. The Kier molecular flexibility index (Phi) is 3.10. The first-order valence-electron chi connectivity index (χ1n) is 5.52. The summed E-state index contributed by atoms with van der Waals surface area (Å²) in [6.45, 7) is 2.89. The molecular formula is C12H16N2O2. The number of carbonyl (C=O) groups excluding carboxylic acids is 1. The molecule has 0 bridgehead atoms. The Bertz CT molecular complexity index is 404. The van der Waals surface area contributed by atoms with Gasteiger partial charge in [0.05, 0.1) is 18.2 Å². The standard InChI is InChI=1S/C12H16N2O2/c1-2-16-10-5-3-4-8-6-9(7-13)12(15)14-11(8)10/h3-5,9H,2,6-7,13H2,1H3,(H,14,15). The summed E-state index contributed by atoms with van der Waals surface area (Å²) in [5.41, 5.74) is 7.46. The predicted octanol–water partition coefficient (Wildman–Crippen LogP) is 1.15. The number of ether oxygens (including phenoxy) is 1. The topological polar surface area (TPSA) is 64.3 Å². The van der Waals surface area contributed by atoms with Gasteiger partial charge < -0.3 is 15.8 Å². The summed E-state index contributed by atoms with van der Waals surface area (Å²) in [7, 11) is 0. The molecule has 0 saturated carbocycles. The van der Waals surface area contributed by atoms with Crippen LogP contribution in [0.5, 0.6) is 5.75 Å². The third-order valence-electron chi connectivity index (χ3n) is 2.78. The summed E-state index contributed by atoms with van der Waals surface area (Å²) in [5, 5.41) is 2.87. The molecule has 0 aliphatic carbocycles. The Morgan fingerprint density at radius 1 is 1.56 bits per heavy atom. The lowest BCUT2D eigenvalue weighted by atomic mass is 9.93. The van der Waals surface area contributed by atoms with E-state index in [1.165, 1.54) is 0 Å². The molecule has 1 aromatic carbocycles. The van der Waals surface area contributed by atoms with Gasteiger partial charge in [0.2, 0.25) is 5.91 Å². The fourth-order valence-corrected chi connectivity index (χ4v) is 1.94. The quantitative estimate of drug-likeness (QED) is 0.803. The number of hydrogen-bond donors (Lipinski definition) is 2. The van der Waals surface area contributed by atoms with Crippen molar-refractivity contribution in [3.8, 4) is 5.75 Å². The average Bonchev–Trinajstić information content (AvgIpc) is 2.29. The molecule has 1 aliphatic rings. The number of anilines is 1. The monoisotopic (exact) mass is 220 g/mol. The number of hydrogen-bond acceptors (Lipinski definition) is 3. The van der Waals surface area contributed by atoms with Crippen molar-refractivity contribution in [3.05, 3.63) is 23.8 Å². The maximum atomic E-state index is 11.7. The summed E-state index contributed by atoms with van der Waals surface area (Å²) in [6.07, 6.45) is 0.693. The normalized spacial score (nSPS) is 18.9. The molecule has 1 atom stereocenters. The number of nitrogens with two attached hydrogens (primary N) is 1. The van der Waals surface area contributed by atoms with Crippen molar-refractivity contribution < 1.29 is 9.53 Å². The van der Waals surface area contributed by atoms with Gasteiger partial charge in [-0.25, -0.2) is 0 Å². The largest absolute Gasteiger partial charge is 0.492 e. The van der Waals surface area contributed by atoms with E-state index in [-0.39, 0.29) is 11.8 Å². The Hall–Kier alpha value is -1.55. The van der Waals surface area contributed by atoms with Gasteiger partial charge in [0.25, 0.3) is 0 Å². The van der Waals surface area contributed by atoms with Gasteiger partial charge in [-0.1, -0.05) is 12.1 Å². The van der Waals surface area contributed by atoms with E-state index in [2.05, 4.69) is 5.32 Å². The highest BCUT2D eigenvalue weighted by atomic mass is 16.5. The van der Waals surface area contributed by atoms with Crippen LogP contribution in [0.3, 0.4) is 0 Å². The lowest BCUT2D eigenvalue weighted by Gasteiger charge is -2.25. The minimum atomic E-state index is -0.121. The second-order valence-electron chi connectivity index (χ2n) is 3.85. The van der Waals surface area contributed by atoms with Crippen molar-refractivity contribution in [3.63, 3.8) is 0 Å². The van der Waals surface area contributed by atoms with Gasteiger partial charge >= 0.3 is 0 Å². The fourth-order valence-electron chi connectivity index (χ4n) is 1.94. The van der Waals surface area contributed by atoms with Crippen molar-refractivity contribution in [2.75, 3.05) is 18.5 Å². The molecule has 4 heteroatoms. The van der Waals surface area contributed by atoms with Crippen LogP contribution < -0.4 is 15.8 Å². The number of benzene rings is 1. The predicted molar refractivity (Wildman–Crippen MR) is 62.5 cm³/mol. The van der Waals surface area contributed by atoms with Crippen LogP contribution in [-0.4, -0.2) is 19.1 Å². The van der Waals surface area contributed by atoms with Crippen LogP contribution in [0.1, 0.15) is 12.5 Å². The van der Waals surface area contributed by atoms with E-state index in [1.54, 1.807) is 0 Å². The van der Waals surface area contributed by atoms with E-state index in [9.17, 15) is 4.79 Å². The maximum Gasteiger partial charge on any atom is 0.229 e. The van der Waals surface area contributed by atoms with Crippen LogP contribution in [0, 0.1) is 5.92 Å². The number of carbonyl (C=O) groups is 1. The van der Waals surface area contributed by atoms with E-state index in [0.717, 1.165) is 17.0 Å². The molecule has 0 radical (unpaired) electrons. The van der Waals surface area contributed by atoms with Crippen LogP contribution in [0.2, 0.25) is 0 Å². The van der Waals surface area contributed by atoms with E-state index in [0.29, 0.717) is 19.6 Å². The maximum absolute atomic E-state index is 11.7. The molecule has 4 nitrogen and oxygen atoms in total. The van der Waals surface area contributed by atoms with Crippen molar-refractivity contribution in [2.45, 2.75) is 13.3 Å². The van der Waals surface area contributed by atoms with Crippen molar-refractivity contribution in [1.82, 2.24) is 0 Å². The third-order valence-corrected chi connectivity index (χ3v) is 2.78. The molecule has 86 valence electrons. The molecule has 3 N–H and O–H groups in total. The summed E-state index contributed by atoms with van der Waals surface area (Å²) in [6, 6.07) is 5.81. The van der Waals surface area contributed by atoms with Gasteiger partial charge in [0.15, 0.2) is 0 Å². The van der Waals surface area contributed by atoms with Crippen LogP contribution in [0.15, 0.2) is 18.2 Å². The minimum Gasteiger partial charge on any atom is -0.492 e. The summed E-state index contributed by atoms with van der Waals surface area (Å²) in [5.74, 6) is 0.607. The van der Waals surface area contributed by atoms with Crippen molar-refractivity contribution in [2.24, 2.45) is 11.7 Å². The molecular weight excluding hydrogens is 204 g/mol. The van der Waals surface area contributed by atoms with Gasteiger partial charge in [-0.3, -0.25) is 4.79 Å². The van der Waals surface area contributed by atoms with Crippen molar-refractivity contribution in [1.29, 1.82) is 0 Å². The zero-order valence-corrected chi connectivity index (χ0v) is 9.32. The number of fused-ring (bicyclic) bond motifs is 1. The molecule has 0 fully saturated rings. The molecule has 1 aromatic rings. The first kappa shape index (κ1) is 11.0. The Labute approximate surface area is 94.8 Å². The fraction of sp³-hybridized carbons (Fsp3) is 0.417. The lowest BCUT2D eigenvalue weighted by Crippen LogP contribution is -2.35. The molecule has 0 spiro atoms. The molecule has 1 unspecified atom stereocenters. The van der Waals surface area contributed by atoms with Crippen LogP contribution in [0.4, 0.5) is 5.69 Å². The van der Waals surface area contributed by atoms with E-state index < -0.39 is 0 Å². The van der Waals surface area contributed by atoms with Gasteiger partial charge in [-0.2, -0.15) is 0 Å². The van der Waals surface area contributed by atoms with Gasteiger partial charge in [0.1, 0.15) is 5.75 Å². The first-order valence-corrected chi connectivity index (χ1v) is 5.52. The number of para-hydroxylation sites is 1. The zero-order valence-electron chi connectivity index (χ0n) is 9.32. The highest BCUT2D eigenvalue weighted by Crippen LogP contribution is 2.33. The van der Waals surface area contributed by atoms with Crippen LogP contribution in [-0.2, 0) is 11.2 Å². The second kappa shape index (κ2) is 4.53. The average molecular weight is 220 g/mol. The van der Waals surface area contributed by atoms with Crippen molar-refractivity contribution >= 4 is 11.6 Å². The first-order chi connectivity index (χ1) is 7.76. The van der Waals surface area contributed by atoms with E-state index in [4.69, 9.17) is 10.5 Å². The summed E-state index contributed by atoms with van der Waals surface area (Å²) < 4.78 is 5.48. The SMILES string of the molecule is CCOc1cccc2c1NC(=O)C(CN)C2. The molecule has 0 aromatic heterocycles. The summed E-state index contributed by atoms with van der Waals surface area (Å²) in [4.78, 5) is 11.7. The van der Waals surface area contributed by atoms with Crippen LogP contribution >= 0.6 is 0 Å². The Balaban J connectivity index is 2.34. The molecule has 16 heavy (non-hydrogen) atoms. The van der Waals surface area contributed by atoms with Gasteiger partial charge in [0, 0.05) is 6.54 Å². The third kappa shape index (κ3) is 1.88. The zero-order chi connectivity index (χ0) is 11.5. The number of nitrogens with one attached hydrogen (secondary N) is 1. The molecule has 1 amide bonds. The molecule has 1 heterocycles. The van der Waals surface area contributed by atoms with Crippen LogP contribution in [0.25, 0.3) is 0 Å². The Morgan fingerprint density at radius 3 is 3.06 bits per heavy atom. The molecule has 0 saturated heterocycles. The number of amides is 1. The molecule has 1 aliphatic heterocycles. The molecule has 2 rings (SSSR count). The highest BCUT2D eigenvalue weighted by molar-refractivity contribution is 5.97. The lowest BCUT2D eigenvalue weighted by molar-refractivity contribution is -0.119. The number of rotatable bonds is 3. The highest BCUT2D eigenvalue weighted by Gasteiger charge is 2.26. The second-order valence-corrected chi connectivity index (χ2v) is 3.85. The van der Waals surface area contributed by atoms with Gasteiger partial charge in [-0.05, 0) is 25.0 Å². The smallest absolute Gasteiger partial charge is 0.229 e. The Morgan fingerprint density at radius 2 is 2.38 bits per heavy atom. The van der Waals surface area contributed by atoms with E-state index >= 15 is 0 Å². The summed E-state index contributed by atoms with van der Waals surface area (Å²) >= 11 is 0. The van der Waals surface area contributed by atoms with Gasteiger partial charge in [-0.15, -0.1) is 0 Å². The van der Waals surface area contributed by atoms with E-state index in [1.807, 2.05) is 25.1 Å².